The van der Waals surface area contributed by atoms with Gasteiger partial charge in [-0.2, -0.15) is 0 Å². The molecule has 0 fully saturated rings. The minimum atomic E-state index is -0.370. The Morgan fingerprint density at radius 2 is 1.89 bits per heavy atom. The second-order valence-electron chi connectivity index (χ2n) is 4.66. The summed E-state index contributed by atoms with van der Waals surface area (Å²) in [5.41, 5.74) is 1.09. The van der Waals surface area contributed by atoms with E-state index in [-0.39, 0.29) is 12.0 Å². The van der Waals surface area contributed by atoms with E-state index in [0.717, 1.165) is 23.1 Å². The highest BCUT2D eigenvalue weighted by atomic mass is 16.5. The normalized spacial score (nSPS) is 14.4. The molecule has 0 spiro atoms. The summed E-state index contributed by atoms with van der Waals surface area (Å²) < 4.78 is 5.58. The number of methoxy groups -OCH3 is 1. The van der Waals surface area contributed by atoms with Crippen molar-refractivity contribution >= 4 is 10.8 Å². The fourth-order valence-corrected chi connectivity index (χ4v) is 2.60. The Morgan fingerprint density at radius 3 is 2.50 bits per heavy atom. The number of fused-ring (bicyclic) bond motifs is 1. The third-order valence-corrected chi connectivity index (χ3v) is 3.54. The summed E-state index contributed by atoms with van der Waals surface area (Å²) in [5.74, 6) is 1.01. The molecule has 0 aliphatic rings. The third-order valence-electron chi connectivity index (χ3n) is 3.54. The van der Waals surface area contributed by atoms with Crippen LogP contribution in [-0.2, 0) is 0 Å². The van der Waals surface area contributed by atoms with Crippen molar-refractivity contribution in [1.82, 2.24) is 0 Å². The zero-order chi connectivity index (χ0) is 13.1. The molecule has 0 aliphatic heterocycles. The average molecular weight is 244 g/mol. The Hall–Kier alpha value is -1.54. The lowest BCUT2D eigenvalue weighted by Gasteiger charge is -2.22. The van der Waals surface area contributed by atoms with Crippen LogP contribution in [0.1, 0.15) is 31.7 Å². The lowest BCUT2D eigenvalue weighted by Crippen LogP contribution is -2.14. The summed E-state index contributed by atoms with van der Waals surface area (Å²) >= 11 is 0. The minimum absolute atomic E-state index is 0.115. The van der Waals surface area contributed by atoms with Crippen molar-refractivity contribution in [2.45, 2.75) is 32.3 Å². The molecule has 2 heteroatoms. The summed E-state index contributed by atoms with van der Waals surface area (Å²) in [7, 11) is 1.69. The molecule has 0 aliphatic carbocycles. The molecule has 0 bridgehead atoms. The highest BCUT2D eigenvalue weighted by Gasteiger charge is 2.20. The topological polar surface area (TPSA) is 29.5 Å². The first-order valence-corrected chi connectivity index (χ1v) is 6.42. The monoisotopic (exact) mass is 244 g/mol. The third kappa shape index (κ3) is 2.21. The lowest BCUT2D eigenvalue weighted by atomic mass is 9.89. The molecule has 2 aromatic carbocycles. The van der Waals surface area contributed by atoms with Gasteiger partial charge in [-0.15, -0.1) is 0 Å². The first kappa shape index (κ1) is 12.9. The molecule has 0 saturated carbocycles. The van der Waals surface area contributed by atoms with Crippen LogP contribution in [0.15, 0.2) is 36.4 Å². The SMILES string of the molecule is CCC(c1ccc2ccccc2c1OC)C(C)O. The summed E-state index contributed by atoms with van der Waals surface area (Å²) in [4.78, 5) is 0. The van der Waals surface area contributed by atoms with Crippen LogP contribution in [0.2, 0.25) is 0 Å². The van der Waals surface area contributed by atoms with Gasteiger partial charge in [0, 0.05) is 16.9 Å². The van der Waals surface area contributed by atoms with E-state index in [1.807, 2.05) is 19.1 Å². The first-order valence-electron chi connectivity index (χ1n) is 6.42. The van der Waals surface area contributed by atoms with Crippen LogP contribution in [0.3, 0.4) is 0 Å². The molecule has 2 atom stereocenters. The Labute approximate surface area is 108 Å². The molecule has 2 rings (SSSR count). The van der Waals surface area contributed by atoms with Crippen molar-refractivity contribution < 1.29 is 9.84 Å². The fraction of sp³-hybridized carbons (Fsp3) is 0.375. The molecule has 2 nitrogen and oxygen atoms in total. The van der Waals surface area contributed by atoms with Crippen molar-refractivity contribution in [3.8, 4) is 5.75 Å². The lowest BCUT2D eigenvalue weighted by molar-refractivity contribution is 0.158. The number of hydrogen-bond acceptors (Lipinski definition) is 2. The van der Waals surface area contributed by atoms with Gasteiger partial charge in [0.1, 0.15) is 5.75 Å². The molecule has 2 aromatic rings. The zero-order valence-corrected chi connectivity index (χ0v) is 11.2. The highest BCUT2D eigenvalue weighted by Crippen LogP contribution is 2.37. The van der Waals surface area contributed by atoms with E-state index in [1.165, 1.54) is 5.39 Å². The van der Waals surface area contributed by atoms with E-state index in [2.05, 4.69) is 31.2 Å². The Balaban J connectivity index is 2.64. The largest absolute Gasteiger partial charge is 0.496 e. The number of hydrogen-bond donors (Lipinski definition) is 1. The van der Waals surface area contributed by atoms with Gasteiger partial charge in [-0.25, -0.2) is 0 Å². The van der Waals surface area contributed by atoms with Crippen molar-refractivity contribution in [3.05, 3.63) is 42.0 Å². The Kier molecular flexibility index (Phi) is 3.87. The van der Waals surface area contributed by atoms with Gasteiger partial charge in [-0.05, 0) is 18.7 Å². The second-order valence-corrected chi connectivity index (χ2v) is 4.66. The molecule has 0 heterocycles. The van der Waals surface area contributed by atoms with Gasteiger partial charge in [-0.3, -0.25) is 0 Å². The Bertz CT molecular complexity index is 532. The van der Waals surface area contributed by atoms with E-state index in [1.54, 1.807) is 7.11 Å². The maximum absolute atomic E-state index is 9.90. The number of benzene rings is 2. The first-order chi connectivity index (χ1) is 8.69. The molecule has 1 N–H and O–H groups in total. The van der Waals surface area contributed by atoms with E-state index in [4.69, 9.17) is 4.74 Å². The number of aliphatic hydroxyl groups excluding tert-OH is 1. The molecule has 0 radical (unpaired) electrons. The molecule has 0 amide bonds. The maximum atomic E-state index is 9.90. The van der Waals surface area contributed by atoms with Gasteiger partial charge < -0.3 is 9.84 Å². The second kappa shape index (κ2) is 5.40. The predicted molar refractivity (Wildman–Crippen MR) is 75.2 cm³/mol. The van der Waals surface area contributed by atoms with Crippen molar-refractivity contribution in [1.29, 1.82) is 0 Å². The van der Waals surface area contributed by atoms with Crippen LogP contribution >= 0.6 is 0 Å². The fourth-order valence-electron chi connectivity index (χ4n) is 2.60. The summed E-state index contributed by atoms with van der Waals surface area (Å²) in [5, 5.41) is 12.2. The maximum Gasteiger partial charge on any atom is 0.130 e. The van der Waals surface area contributed by atoms with Crippen molar-refractivity contribution in [3.63, 3.8) is 0 Å². The van der Waals surface area contributed by atoms with Crippen LogP contribution in [0.4, 0.5) is 0 Å². The standard InChI is InChI=1S/C16H20O2/c1-4-13(11(2)17)15-10-9-12-7-5-6-8-14(12)16(15)18-3/h5-11,13,17H,4H2,1-3H3. The van der Waals surface area contributed by atoms with Gasteiger partial charge in [0.2, 0.25) is 0 Å². The Morgan fingerprint density at radius 1 is 1.17 bits per heavy atom. The molecule has 0 aromatic heterocycles. The molecular formula is C16H20O2. The van der Waals surface area contributed by atoms with E-state index < -0.39 is 0 Å². The van der Waals surface area contributed by atoms with Crippen LogP contribution < -0.4 is 4.74 Å². The number of aliphatic hydroxyl groups is 1. The molecule has 0 saturated heterocycles. The van der Waals surface area contributed by atoms with Gasteiger partial charge in [-0.1, -0.05) is 43.3 Å². The number of rotatable bonds is 4. The van der Waals surface area contributed by atoms with Gasteiger partial charge >= 0.3 is 0 Å². The molecular weight excluding hydrogens is 224 g/mol. The van der Waals surface area contributed by atoms with Crippen molar-refractivity contribution in [2.24, 2.45) is 0 Å². The molecule has 96 valence electrons. The van der Waals surface area contributed by atoms with E-state index in [0.29, 0.717) is 0 Å². The van der Waals surface area contributed by atoms with E-state index >= 15 is 0 Å². The highest BCUT2D eigenvalue weighted by molar-refractivity contribution is 5.89. The molecule has 18 heavy (non-hydrogen) atoms. The quantitative estimate of drug-likeness (QED) is 0.888. The van der Waals surface area contributed by atoms with Gasteiger partial charge in [0.25, 0.3) is 0 Å². The minimum Gasteiger partial charge on any atom is -0.496 e. The average Bonchev–Trinajstić information content (AvgIpc) is 2.38. The van der Waals surface area contributed by atoms with Crippen LogP contribution in [0, 0.1) is 0 Å². The zero-order valence-electron chi connectivity index (χ0n) is 11.2. The van der Waals surface area contributed by atoms with Crippen LogP contribution in [-0.4, -0.2) is 18.3 Å². The molecule has 2 unspecified atom stereocenters. The van der Waals surface area contributed by atoms with Crippen LogP contribution in [0.5, 0.6) is 5.75 Å². The van der Waals surface area contributed by atoms with E-state index in [9.17, 15) is 5.11 Å². The van der Waals surface area contributed by atoms with Gasteiger partial charge in [0.05, 0.1) is 13.2 Å². The summed E-state index contributed by atoms with van der Waals surface area (Å²) in [6, 6.07) is 12.3. The smallest absolute Gasteiger partial charge is 0.130 e. The van der Waals surface area contributed by atoms with Gasteiger partial charge in [0.15, 0.2) is 0 Å². The van der Waals surface area contributed by atoms with Crippen molar-refractivity contribution in [2.75, 3.05) is 7.11 Å². The summed E-state index contributed by atoms with van der Waals surface area (Å²) in [6.07, 6.45) is 0.525. The number of ether oxygens (including phenoxy) is 1. The van der Waals surface area contributed by atoms with Crippen LogP contribution in [0.25, 0.3) is 10.8 Å². The predicted octanol–water partition coefficient (Wildman–Crippen LogP) is 3.72. The summed E-state index contributed by atoms with van der Waals surface area (Å²) in [6.45, 7) is 3.93.